The Hall–Kier alpha value is -2.65. The molecule has 1 aromatic carbocycles. The first-order valence-electron chi connectivity index (χ1n) is 9.71. The van der Waals surface area contributed by atoms with E-state index in [0.717, 1.165) is 37.2 Å². The number of aromatic nitrogens is 3. The van der Waals surface area contributed by atoms with Crippen molar-refractivity contribution in [2.24, 2.45) is 0 Å². The maximum atomic E-state index is 13.5. The van der Waals surface area contributed by atoms with Crippen LogP contribution in [0.2, 0.25) is 0 Å². The number of benzene rings is 1. The molecule has 4 rings (SSSR count). The Morgan fingerprint density at radius 1 is 1.13 bits per heavy atom. The minimum absolute atomic E-state index is 0.112. The average molecular weight is 486 g/mol. The first-order valence-corrected chi connectivity index (χ1v) is 11.3. The Kier molecular flexibility index (Phi) is 6.49. The molecule has 1 aliphatic rings. The monoisotopic (exact) mass is 485 g/mol. The van der Waals surface area contributed by atoms with Crippen LogP contribution in [0.5, 0.6) is 0 Å². The lowest BCUT2D eigenvalue weighted by Crippen LogP contribution is -2.47. The highest BCUT2D eigenvalue weighted by Gasteiger charge is 2.37. The van der Waals surface area contributed by atoms with Crippen molar-refractivity contribution in [3.05, 3.63) is 69.9 Å². The summed E-state index contributed by atoms with van der Waals surface area (Å²) in [5.74, 6) is -0.666. The SMILES string of the molecule is O=C(NC1CCCC1)[C@H](c1ccccn1)N(C(=O)c1csnn1)c1ccccc1Br. The molecule has 0 aliphatic heterocycles. The fourth-order valence-corrected chi connectivity index (χ4v) is 4.57. The molecule has 1 fully saturated rings. The topological polar surface area (TPSA) is 88.1 Å². The van der Waals surface area contributed by atoms with Crippen molar-refractivity contribution in [3.8, 4) is 0 Å². The van der Waals surface area contributed by atoms with Gasteiger partial charge in [0.1, 0.15) is 0 Å². The van der Waals surface area contributed by atoms with Crippen LogP contribution >= 0.6 is 27.5 Å². The lowest BCUT2D eigenvalue weighted by atomic mass is 10.1. The molecule has 154 valence electrons. The quantitative estimate of drug-likeness (QED) is 0.566. The van der Waals surface area contributed by atoms with Crippen LogP contribution in [0.3, 0.4) is 0 Å². The molecule has 0 radical (unpaired) electrons. The van der Waals surface area contributed by atoms with Gasteiger partial charge in [0.25, 0.3) is 5.91 Å². The minimum atomic E-state index is -0.945. The van der Waals surface area contributed by atoms with Gasteiger partial charge in [-0.05, 0) is 64.6 Å². The van der Waals surface area contributed by atoms with Crippen LogP contribution in [0, 0.1) is 0 Å². The van der Waals surface area contributed by atoms with Crippen molar-refractivity contribution < 1.29 is 9.59 Å². The van der Waals surface area contributed by atoms with Crippen LogP contribution in [0.1, 0.15) is 47.9 Å². The van der Waals surface area contributed by atoms with Crippen molar-refractivity contribution in [2.75, 3.05) is 4.90 Å². The molecule has 1 saturated carbocycles. The van der Waals surface area contributed by atoms with Crippen molar-refractivity contribution in [2.45, 2.75) is 37.8 Å². The summed E-state index contributed by atoms with van der Waals surface area (Å²) in [6.45, 7) is 0. The van der Waals surface area contributed by atoms with Crippen molar-refractivity contribution >= 4 is 45.0 Å². The highest BCUT2D eigenvalue weighted by Crippen LogP contribution is 2.34. The number of pyridine rings is 1. The Balaban J connectivity index is 1.80. The standard InChI is InChI=1S/C21H20BrN5O2S/c22-15-9-3-4-11-18(15)27(21(29)17-13-30-26-25-17)19(16-10-5-6-12-23-16)20(28)24-14-7-1-2-8-14/h3-6,9-14,19H,1-2,7-8H2,(H,24,28)/t19-/m0/s1. The Morgan fingerprint density at radius 2 is 1.90 bits per heavy atom. The van der Waals surface area contributed by atoms with Gasteiger partial charge >= 0.3 is 0 Å². The number of hydrogen-bond acceptors (Lipinski definition) is 6. The van der Waals surface area contributed by atoms with Crippen LogP contribution in [0.25, 0.3) is 0 Å². The van der Waals surface area contributed by atoms with Crippen LogP contribution in [-0.4, -0.2) is 32.4 Å². The van der Waals surface area contributed by atoms with E-state index in [0.29, 0.717) is 15.9 Å². The fourth-order valence-electron chi connectivity index (χ4n) is 3.67. The van der Waals surface area contributed by atoms with E-state index in [-0.39, 0.29) is 17.6 Å². The molecule has 0 bridgehead atoms. The summed E-state index contributed by atoms with van der Waals surface area (Å²) in [5, 5.41) is 8.65. The highest BCUT2D eigenvalue weighted by molar-refractivity contribution is 9.10. The number of rotatable bonds is 6. The molecule has 30 heavy (non-hydrogen) atoms. The lowest BCUT2D eigenvalue weighted by Gasteiger charge is -2.31. The van der Waals surface area contributed by atoms with E-state index < -0.39 is 11.9 Å². The van der Waals surface area contributed by atoms with Crippen LogP contribution in [-0.2, 0) is 4.79 Å². The predicted octanol–water partition coefficient (Wildman–Crippen LogP) is 4.14. The maximum Gasteiger partial charge on any atom is 0.280 e. The molecule has 2 heterocycles. The Morgan fingerprint density at radius 3 is 2.57 bits per heavy atom. The van der Waals surface area contributed by atoms with Gasteiger partial charge in [0.2, 0.25) is 5.91 Å². The number of anilines is 1. The molecular formula is C21H20BrN5O2S. The lowest BCUT2D eigenvalue weighted by molar-refractivity contribution is -0.123. The van der Waals surface area contributed by atoms with Gasteiger partial charge in [-0.2, -0.15) is 0 Å². The second kappa shape index (κ2) is 9.44. The number of nitrogens with zero attached hydrogens (tertiary/aromatic N) is 4. The van der Waals surface area contributed by atoms with E-state index in [9.17, 15) is 9.59 Å². The zero-order valence-electron chi connectivity index (χ0n) is 16.1. The number of nitrogens with one attached hydrogen (secondary N) is 1. The zero-order chi connectivity index (χ0) is 20.9. The molecule has 0 spiro atoms. The highest BCUT2D eigenvalue weighted by atomic mass is 79.9. The van der Waals surface area contributed by atoms with Gasteiger partial charge in [0, 0.05) is 22.1 Å². The predicted molar refractivity (Wildman–Crippen MR) is 118 cm³/mol. The number of halogens is 1. The number of carbonyl (C=O) groups is 2. The second-order valence-electron chi connectivity index (χ2n) is 7.06. The van der Waals surface area contributed by atoms with Crippen LogP contribution < -0.4 is 10.2 Å². The average Bonchev–Trinajstić information content (AvgIpc) is 3.47. The van der Waals surface area contributed by atoms with Gasteiger partial charge in [-0.1, -0.05) is 35.5 Å². The first-order chi connectivity index (χ1) is 14.6. The number of amides is 2. The van der Waals surface area contributed by atoms with Crippen LogP contribution in [0.4, 0.5) is 5.69 Å². The Labute approximate surface area is 186 Å². The van der Waals surface area contributed by atoms with Gasteiger partial charge in [0.05, 0.1) is 11.4 Å². The molecule has 3 aromatic rings. The number of hydrogen-bond donors (Lipinski definition) is 1. The smallest absolute Gasteiger partial charge is 0.280 e. The molecular weight excluding hydrogens is 466 g/mol. The van der Waals surface area contributed by atoms with Gasteiger partial charge in [-0.3, -0.25) is 19.5 Å². The molecule has 1 aliphatic carbocycles. The largest absolute Gasteiger partial charge is 0.351 e. The normalized spacial score (nSPS) is 15.0. The third-order valence-corrected chi connectivity index (χ3v) is 6.26. The molecule has 1 atom stereocenters. The van der Waals surface area contributed by atoms with E-state index in [2.05, 4.69) is 35.8 Å². The summed E-state index contributed by atoms with van der Waals surface area (Å²) in [6.07, 6.45) is 5.70. The fraction of sp³-hybridized carbons (Fsp3) is 0.286. The number of carbonyl (C=O) groups excluding carboxylic acids is 2. The van der Waals surface area contributed by atoms with E-state index in [1.54, 1.807) is 29.8 Å². The second-order valence-corrected chi connectivity index (χ2v) is 8.53. The summed E-state index contributed by atoms with van der Waals surface area (Å²) >= 11 is 4.62. The van der Waals surface area contributed by atoms with Gasteiger partial charge in [0.15, 0.2) is 11.7 Å². The molecule has 1 N–H and O–H groups in total. The van der Waals surface area contributed by atoms with E-state index in [4.69, 9.17) is 0 Å². The van der Waals surface area contributed by atoms with Crippen LogP contribution in [0.15, 0.2) is 58.5 Å². The molecule has 2 amide bonds. The summed E-state index contributed by atoms with van der Waals surface area (Å²) in [7, 11) is 0. The van der Waals surface area contributed by atoms with Crippen molar-refractivity contribution in [3.63, 3.8) is 0 Å². The van der Waals surface area contributed by atoms with Crippen molar-refractivity contribution in [1.82, 2.24) is 19.9 Å². The van der Waals surface area contributed by atoms with Gasteiger partial charge < -0.3 is 5.32 Å². The molecule has 9 heteroatoms. The third kappa shape index (κ3) is 4.41. The minimum Gasteiger partial charge on any atom is -0.351 e. The Bertz CT molecular complexity index is 1010. The summed E-state index contributed by atoms with van der Waals surface area (Å²) in [5.41, 5.74) is 1.23. The van der Waals surface area contributed by atoms with E-state index in [1.165, 1.54) is 4.90 Å². The van der Waals surface area contributed by atoms with Crippen molar-refractivity contribution in [1.29, 1.82) is 0 Å². The number of para-hydroxylation sites is 1. The van der Waals surface area contributed by atoms with E-state index in [1.807, 2.05) is 24.3 Å². The van der Waals surface area contributed by atoms with Gasteiger partial charge in [-0.25, -0.2) is 0 Å². The summed E-state index contributed by atoms with van der Waals surface area (Å²) in [6, 6.07) is 11.8. The summed E-state index contributed by atoms with van der Waals surface area (Å²) in [4.78, 5) is 32.9. The molecule has 0 unspecified atom stereocenters. The summed E-state index contributed by atoms with van der Waals surface area (Å²) < 4.78 is 4.51. The molecule has 7 nitrogen and oxygen atoms in total. The van der Waals surface area contributed by atoms with E-state index >= 15 is 0 Å². The maximum absolute atomic E-state index is 13.5. The first kappa shape index (κ1) is 20.6. The van der Waals surface area contributed by atoms with Gasteiger partial charge in [-0.15, -0.1) is 5.10 Å². The molecule has 0 saturated heterocycles. The zero-order valence-corrected chi connectivity index (χ0v) is 18.5. The third-order valence-electron chi connectivity index (χ3n) is 5.09. The molecule has 2 aromatic heterocycles.